The average Bonchev–Trinajstić information content (AvgIpc) is 2.95. The molecule has 9 heteroatoms. The number of carbonyl (C=O) groups excluding carboxylic acids is 2. The molecule has 1 aromatic carbocycles. The zero-order valence-electron chi connectivity index (χ0n) is 11.4. The van der Waals surface area contributed by atoms with E-state index in [1.807, 2.05) is 6.92 Å². The highest BCUT2D eigenvalue weighted by molar-refractivity contribution is 7.90. The van der Waals surface area contributed by atoms with Gasteiger partial charge in [-0.3, -0.25) is 9.59 Å². The van der Waals surface area contributed by atoms with Crippen LogP contribution in [0.1, 0.15) is 15.2 Å². The fraction of sp³-hybridized carbons (Fsp3) is 0.154. The van der Waals surface area contributed by atoms with Crippen LogP contribution >= 0.6 is 11.3 Å². The number of thiazole rings is 1. The number of nitrogens with zero attached hydrogens (tertiary/aromatic N) is 2. The molecule has 3 rings (SSSR count). The Morgan fingerprint density at radius 2 is 2.09 bits per heavy atom. The summed E-state index contributed by atoms with van der Waals surface area (Å²) in [6.45, 7) is 1.26. The van der Waals surface area contributed by atoms with Crippen molar-refractivity contribution in [2.45, 2.75) is 11.8 Å². The van der Waals surface area contributed by atoms with Crippen LogP contribution in [0.3, 0.4) is 0 Å². The van der Waals surface area contributed by atoms with Gasteiger partial charge >= 0.3 is 0 Å². The molecular weight excluding hydrogens is 326 g/mol. The lowest BCUT2D eigenvalue weighted by Gasteiger charge is -2.13. The van der Waals surface area contributed by atoms with Crippen molar-refractivity contribution in [3.05, 3.63) is 40.9 Å². The van der Waals surface area contributed by atoms with Crippen molar-refractivity contribution in [3.63, 3.8) is 0 Å². The molecule has 0 fully saturated rings. The predicted molar refractivity (Wildman–Crippen MR) is 80.1 cm³/mol. The first-order valence-corrected chi connectivity index (χ1v) is 8.53. The number of aryl methyl sites for hydroxylation is 1. The minimum absolute atomic E-state index is 0.0714. The first-order valence-electron chi connectivity index (χ1n) is 6.28. The summed E-state index contributed by atoms with van der Waals surface area (Å²) in [7, 11) is -3.97. The number of hydrogen-bond acceptors (Lipinski definition) is 6. The van der Waals surface area contributed by atoms with Crippen LogP contribution < -0.4 is 5.32 Å². The topological polar surface area (TPSA) is 96.4 Å². The lowest BCUT2D eigenvalue weighted by molar-refractivity contribution is -0.116. The quantitative estimate of drug-likeness (QED) is 0.909. The summed E-state index contributed by atoms with van der Waals surface area (Å²) in [6.07, 6.45) is 1.59. The van der Waals surface area contributed by atoms with Gasteiger partial charge in [0.25, 0.3) is 15.9 Å². The summed E-state index contributed by atoms with van der Waals surface area (Å²) < 4.78 is 25.2. The second-order valence-electron chi connectivity index (χ2n) is 4.64. The molecule has 1 aliphatic rings. The van der Waals surface area contributed by atoms with Crippen LogP contribution in [-0.2, 0) is 14.8 Å². The van der Waals surface area contributed by atoms with Gasteiger partial charge in [-0.05, 0) is 19.1 Å². The van der Waals surface area contributed by atoms with Crippen molar-refractivity contribution in [2.24, 2.45) is 0 Å². The highest BCUT2D eigenvalue weighted by Gasteiger charge is 2.41. The largest absolute Gasteiger partial charge is 0.300 e. The number of anilines is 1. The number of amides is 2. The van der Waals surface area contributed by atoms with E-state index < -0.39 is 28.4 Å². The summed E-state index contributed by atoms with van der Waals surface area (Å²) in [6, 6.07) is 5.89. The van der Waals surface area contributed by atoms with Crippen LogP contribution in [0.15, 0.2) is 35.4 Å². The van der Waals surface area contributed by atoms with Gasteiger partial charge in [-0.1, -0.05) is 12.1 Å². The number of aromatic nitrogens is 1. The number of sulfonamides is 1. The Hall–Kier alpha value is -2.26. The van der Waals surface area contributed by atoms with Gasteiger partial charge in [0.1, 0.15) is 11.4 Å². The van der Waals surface area contributed by atoms with E-state index in [1.54, 1.807) is 12.3 Å². The van der Waals surface area contributed by atoms with Gasteiger partial charge < -0.3 is 5.32 Å². The zero-order chi connectivity index (χ0) is 15.9. The van der Waals surface area contributed by atoms with Gasteiger partial charge in [-0.15, -0.1) is 11.3 Å². The summed E-state index contributed by atoms with van der Waals surface area (Å²) in [5, 5.41) is 2.85. The standard InChI is InChI=1S/C13H11N3O4S2/c1-8-6-14-13(21-8)15-11(17)7-16-12(18)9-4-2-3-5-10(9)22(16,19)20/h2-6H,7H2,1H3,(H,14,15,17). The van der Waals surface area contributed by atoms with E-state index in [0.29, 0.717) is 9.44 Å². The summed E-state index contributed by atoms with van der Waals surface area (Å²) in [5.41, 5.74) is 0.0837. The van der Waals surface area contributed by atoms with Crippen molar-refractivity contribution < 1.29 is 18.0 Å². The third kappa shape index (κ3) is 2.38. The van der Waals surface area contributed by atoms with Gasteiger partial charge in [0.05, 0.1) is 5.56 Å². The first-order chi connectivity index (χ1) is 10.4. The van der Waals surface area contributed by atoms with E-state index in [1.165, 1.54) is 29.5 Å². The van der Waals surface area contributed by atoms with Crippen molar-refractivity contribution in [2.75, 3.05) is 11.9 Å². The van der Waals surface area contributed by atoms with Crippen molar-refractivity contribution in [3.8, 4) is 0 Å². The second kappa shape index (κ2) is 5.18. The maximum Gasteiger partial charge on any atom is 0.269 e. The Balaban J connectivity index is 1.82. The van der Waals surface area contributed by atoms with Crippen molar-refractivity contribution in [1.82, 2.24) is 9.29 Å². The fourth-order valence-corrected chi connectivity index (χ4v) is 4.29. The van der Waals surface area contributed by atoms with Crippen LogP contribution in [-0.4, -0.2) is 36.1 Å². The molecule has 1 N–H and O–H groups in total. The monoisotopic (exact) mass is 337 g/mol. The molecule has 0 atom stereocenters. The van der Waals surface area contributed by atoms with Gasteiger partial charge in [0.2, 0.25) is 5.91 Å². The van der Waals surface area contributed by atoms with Crippen molar-refractivity contribution >= 4 is 38.3 Å². The Morgan fingerprint density at radius 3 is 2.73 bits per heavy atom. The molecule has 0 bridgehead atoms. The second-order valence-corrected chi connectivity index (χ2v) is 7.70. The van der Waals surface area contributed by atoms with E-state index >= 15 is 0 Å². The molecule has 0 unspecified atom stereocenters. The highest BCUT2D eigenvalue weighted by Crippen LogP contribution is 2.29. The highest BCUT2D eigenvalue weighted by atomic mass is 32.2. The molecule has 1 aromatic heterocycles. The predicted octanol–water partition coefficient (Wildman–Crippen LogP) is 1.23. The van der Waals surface area contributed by atoms with E-state index in [2.05, 4.69) is 10.3 Å². The number of rotatable bonds is 3. The molecule has 0 saturated heterocycles. The summed E-state index contributed by atoms with van der Waals surface area (Å²) in [5.74, 6) is -1.31. The van der Waals surface area contributed by atoms with Crippen LogP contribution in [0.2, 0.25) is 0 Å². The smallest absolute Gasteiger partial charge is 0.269 e. The molecule has 1 aliphatic heterocycles. The Bertz CT molecular complexity index is 873. The van der Waals surface area contributed by atoms with E-state index in [0.717, 1.165) is 4.88 Å². The van der Waals surface area contributed by atoms with Gasteiger partial charge in [0.15, 0.2) is 5.13 Å². The Kier molecular flexibility index (Phi) is 3.45. The van der Waals surface area contributed by atoms with Gasteiger partial charge in [-0.25, -0.2) is 17.7 Å². The third-order valence-corrected chi connectivity index (χ3v) is 5.68. The van der Waals surface area contributed by atoms with Gasteiger partial charge in [-0.2, -0.15) is 0 Å². The molecule has 0 aliphatic carbocycles. The fourth-order valence-electron chi connectivity index (χ4n) is 2.09. The molecule has 7 nitrogen and oxygen atoms in total. The van der Waals surface area contributed by atoms with Crippen LogP contribution in [0.25, 0.3) is 0 Å². The van der Waals surface area contributed by atoms with Crippen LogP contribution in [0.4, 0.5) is 5.13 Å². The minimum Gasteiger partial charge on any atom is -0.300 e. The normalized spacial score (nSPS) is 15.7. The number of fused-ring (bicyclic) bond motifs is 1. The Morgan fingerprint density at radius 1 is 1.36 bits per heavy atom. The van der Waals surface area contributed by atoms with Crippen LogP contribution in [0.5, 0.6) is 0 Å². The molecule has 2 heterocycles. The SMILES string of the molecule is Cc1cnc(NC(=O)CN2C(=O)c3ccccc3S2(=O)=O)s1. The van der Waals surface area contributed by atoms with Gasteiger partial charge in [0, 0.05) is 11.1 Å². The Labute approximate surface area is 130 Å². The molecule has 0 saturated carbocycles. The maximum absolute atomic E-state index is 12.3. The zero-order valence-corrected chi connectivity index (χ0v) is 13.1. The maximum atomic E-state index is 12.3. The van der Waals surface area contributed by atoms with Crippen LogP contribution in [0, 0.1) is 6.92 Å². The molecule has 114 valence electrons. The van der Waals surface area contributed by atoms with E-state index in [-0.39, 0.29) is 10.5 Å². The molecule has 2 amide bonds. The van der Waals surface area contributed by atoms with Crippen molar-refractivity contribution in [1.29, 1.82) is 0 Å². The lowest BCUT2D eigenvalue weighted by Crippen LogP contribution is -2.37. The number of carbonyl (C=O) groups is 2. The average molecular weight is 337 g/mol. The lowest BCUT2D eigenvalue weighted by atomic mass is 10.2. The molecule has 22 heavy (non-hydrogen) atoms. The molecular formula is C13H11N3O4S2. The minimum atomic E-state index is -3.97. The number of nitrogens with one attached hydrogen (secondary N) is 1. The molecule has 0 radical (unpaired) electrons. The summed E-state index contributed by atoms with van der Waals surface area (Å²) >= 11 is 1.27. The first kappa shape index (κ1) is 14.7. The molecule has 0 spiro atoms. The molecule has 2 aromatic rings. The summed E-state index contributed by atoms with van der Waals surface area (Å²) in [4.78, 5) is 28.9. The number of benzene rings is 1. The van der Waals surface area contributed by atoms with E-state index in [4.69, 9.17) is 0 Å². The third-order valence-electron chi connectivity index (χ3n) is 3.07. The van der Waals surface area contributed by atoms with E-state index in [9.17, 15) is 18.0 Å². The number of hydrogen-bond donors (Lipinski definition) is 1.